The second kappa shape index (κ2) is 6.49. The summed E-state index contributed by atoms with van der Waals surface area (Å²) in [6, 6.07) is 2.22. The van der Waals surface area contributed by atoms with Crippen molar-refractivity contribution in [2.75, 3.05) is 13.1 Å². The molecule has 1 saturated heterocycles. The van der Waals surface area contributed by atoms with Crippen molar-refractivity contribution in [1.29, 1.82) is 0 Å². The maximum Gasteiger partial charge on any atom is 0.00697 e. The van der Waals surface area contributed by atoms with E-state index in [9.17, 15) is 0 Å². The van der Waals surface area contributed by atoms with Crippen molar-refractivity contribution in [3.63, 3.8) is 0 Å². The zero-order chi connectivity index (χ0) is 11.3. The minimum Gasteiger partial charge on any atom is -0.314 e. The summed E-state index contributed by atoms with van der Waals surface area (Å²) in [6.07, 6.45) is 5.49. The van der Waals surface area contributed by atoms with Crippen LogP contribution in [0.15, 0.2) is 0 Å². The number of hydrogen-bond donors (Lipinski definition) is 1. The molecule has 1 heterocycles. The molecule has 0 bridgehead atoms. The monoisotopic (exact) mass is 212 g/mol. The molecule has 2 heteroatoms. The van der Waals surface area contributed by atoms with Gasteiger partial charge in [0.2, 0.25) is 0 Å². The molecule has 15 heavy (non-hydrogen) atoms. The Hall–Kier alpha value is -0.0800. The Morgan fingerprint density at radius 2 is 1.80 bits per heavy atom. The summed E-state index contributed by atoms with van der Waals surface area (Å²) in [5, 5.41) is 3.49. The van der Waals surface area contributed by atoms with Crippen LogP contribution in [-0.4, -0.2) is 36.1 Å². The Balaban J connectivity index is 2.17. The molecule has 0 amide bonds. The summed E-state index contributed by atoms with van der Waals surface area (Å²) in [4.78, 5) is 2.69. The lowest BCUT2D eigenvalue weighted by Crippen LogP contribution is -2.44. The van der Waals surface area contributed by atoms with Crippen LogP contribution in [0.1, 0.15) is 53.4 Å². The first-order valence-electron chi connectivity index (χ1n) is 6.60. The fraction of sp³-hybridized carbons (Fsp3) is 1.00. The van der Waals surface area contributed by atoms with E-state index < -0.39 is 0 Å². The van der Waals surface area contributed by atoms with Crippen LogP contribution in [0.25, 0.3) is 0 Å². The number of piperidine rings is 1. The Labute approximate surface area is 95.4 Å². The van der Waals surface area contributed by atoms with Crippen molar-refractivity contribution in [2.24, 2.45) is 0 Å². The molecule has 1 aliphatic heterocycles. The first-order valence-corrected chi connectivity index (χ1v) is 6.60. The molecule has 90 valence electrons. The topological polar surface area (TPSA) is 15.3 Å². The number of rotatable bonds is 5. The quantitative estimate of drug-likeness (QED) is 0.705. The van der Waals surface area contributed by atoms with Gasteiger partial charge in [0.05, 0.1) is 0 Å². The van der Waals surface area contributed by atoms with Crippen molar-refractivity contribution < 1.29 is 0 Å². The first-order chi connectivity index (χ1) is 7.11. The van der Waals surface area contributed by atoms with Gasteiger partial charge in [-0.15, -0.1) is 0 Å². The largest absolute Gasteiger partial charge is 0.314 e. The Bertz CT molecular complexity index is 158. The van der Waals surface area contributed by atoms with Crippen molar-refractivity contribution in [3.8, 4) is 0 Å². The first kappa shape index (κ1) is 13.0. The van der Waals surface area contributed by atoms with Gasteiger partial charge in [-0.1, -0.05) is 20.3 Å². The molecule has 1 N–H and O–H groups in total. The lowest BCUT2D eigenvalue weighted by molar-refractivity contribution is 0.102. The summed E-state index contributed by atoms with van der Waals surface area (Å²) in [6.45, 7) is 11.6. The highest BCUT2D eigenvalue weighted by Crippen LogP contribution is 2.22. The van der Waals surface area contributed by atoms with Crippen molar-refractivity contribution in [3.05, 3.63) is 0 Å². The Kier molecular flexibility index (Phi) is 5.62. The summed E-state index contributed by atoms with van der Waals surface area (Å²) in [5.74, 6) is 0. The van der Waals surface area contributed by atoms with E-state index in [4.69, 9.17) is 0 Å². The van der Waals surface area contributed by atoms with Gasteiger partial charge < -0.3 is 5.32 Å². The molecule has 1 rings (SSSR count). The molecule has 2 atom stereocenters. The second-order valence-corrected chi connectivity index (χ2v) is 5.33. The van der Waals surface area contributed by atoms with Crippen LogP contribution in [0.2, 0.25) is 0 Å². The third kappa shape index (κ3) is 4.52. The van der Waals surface area contributed by atoms with E-state index in [1.54, 1.807) is 0 Å². The molecule has 0 radical (unpaired) electrons. The number of nitrogens with zero attached hydrogens (tertiary/aromatic N) is 1. The van der Waals surface area contributed by atoms with E-state index in [2.05, 4.69) is 37.9 Å². The summed E-state index contributed by atoms with van der Waals surface area (Å²) >= 11 is 0. The molecule has 0 aliphatic carbocycles. The normalized spacial score (nSPS) is 28.6. The van der Waals surface area contributed by atoms with Crippen molar-refractivity contribution in [1.82, 2.24) is 10.2 Å². The van der Waals surface area contributed by atoms with Gasteiger partial charge in [-0.25, -0.2) is 0 Å². The highest BCUT2D eigenvalue weighted by atomic mass is 15.2. The van der Waals surface area contributed by atoms with Crippen LogP contribution in [-0.2, 0) is 0 Å². The lowest BCUT2D eigenvalue weighted by atomic mass is 9.97. The van der Waals surface area contributed by atoms with E-state index >= 15 is 0 Å². The molecule has 0 saturated carbocycles. The second-order valence-electron chi connectivity index (χ2n) is 5.33. The van der Waals surface area contributed by atoms with Crippen LogP contribution in [0.4, 0.5) is 0 Å². The van der Waals surface area contributed by atoms with Gasteiger partial charge in [0.1, 0.15) is 0 Å². The smallest absolute Gasteiger partial charge is 0.00697 e. The van der Waals surface area contributed by atoms with Gasteiger partial charge >= 0.3 is 0 Å². The van der Waals surface area contributed by atoms with Gasteiger partial charge in [-0.2, -0.15) is 0 Å². The van der Waals surface area contributed by atoms with Crippen molar-refractivity contribution in [2.45, 2.75) is 71.5 Å². The maximum atomic E-state index is 3.49. The average molecular weight is 212 g/mol. The molecule has 0 unspecified atom stereocenters. The lowest BCUT2D eigenvalue weighted by Gasteiger charge is -2.39. The van der Waals surface area contributed by atoms with Crippen LogP contribution >= 0.6 is 0 Å². The molecular formula is C13H28N2. The van der Waals surface area contributed by atoms with Crippen LogP contribution in [0.5, 0.6) is 0 Å². The molecule has 1 fully saturated rings. The maximum absolute atomic E-state index is 3.49. The molecular weight excluding hydrogens is 184 g/mol. The highest BCUT2D eigenvalue weighted by molar-refractivity contribution is 4.79. The fourth-order valence-electron chi connectivity index (χ4n) is 2.57. The van der Waals surface area contributed by atoms with E-state index in [1.807, 2.05) is 0 Å². The fourth-order valence-corrected chi connectivity index (χ4v) is 2.57. The van der Waals surface area contributed by atoms with Gasteiger partial charge in [0.25, 0.3) is 0 Å². The number of likely N-dealkylation sites (tertiary alicyclic amines) is 1. The molecule has 0 aromatic rings. The van der Waals surface area contributed by atoms with E-state index in [0.29, 0.717) is 6.04 Å². The van der Waals surface area contributed by atoms with E-state index in [0.717, 1.165) is 18.6 Å². The van der Waals surface area contributed by atoms with E-state index in [-0.39, 0.29) is 0 Å². The third-order valence-corrected chi connectivity index (χ3v) is 3.52. The zero-order valence-electron chi connectivity index (χ0n) is 10.9. The predicted molar refractivity (Wildman–Crippen MR) is 67.2 cm³/mol. The van der Waals surface area contributed by atoms with E-state index in [1.165, 1.54) is 32.2 Å². The van der Waals surface area contributed by atoms with Crippen LogP contribution < -0.4 is 5.32 Å². The highest BCUT2D eigenvalue weighted by Gasteiger charge is 2.23. The minimum absolute atomic E-state index is 0.626. The molecule has 0 spiro atoms. The zero-order valence-corrected chi connectivity index (χ0v) is 10.9. The summed E-state index contributed by atoms with van der Waals surface area (Å²) < 4.78 is 0. The standard InChI is InChI=1S/C13H28N2/c1-11(2)14-9-6-10-15-12(3)7-5-8-13(15)4/h11-14H,5-10H2,1-4H3/t12-,13+. The summed E-state index contributed by atoms with van der Waals surface area (Å²) in [5.41, 5.74) is 0. The van der Waals surface area contributed by atoms with Gasteiger partial charge in [-0.05, 0) is 46.2 Å². The number of hydrogen-bond acceptors (Lipinski definition) is 2. The Morgan fingerprint density at radius 3 is 2.33 bits per heavy atom. The Morgan fingerprint density at radius 1 is 1.20 bits per heavy atom. The summed E-state index contributed by atoms with van der Waals surface area (Å²) in [7, 11) is 0. The molecule has 0 aromatic carbocycles. The number of nitrogens with one attached hydrogen (secondary N) is 1. The van der Waals surface area contributed by atoms with Crippen molar-refractivity contribution >= 4 is 0 Å². The predicted octanol–water partition coefficient (Wildman–Crippen LogP) is 2.64. The SMILES string of the molecule is CC(C)NCCCN1[C@H](C)CCC[C@@H]1C. The average Bonchev–Trinajstić information content (AvgIpc) is 2.15. The molecule has 0 aromatic heterocycles. The van der Waals surface area contributed by atoms with Gasteiger partial charge in [0.15, 0.2) is 0 Å². The van der Waals surface area contributed by atoms with Crippen LogP contribution in [0.3, 0.4) is 0 Å². The van der Waals surface area contributed by atoms with Gasteiger partial charge in [0, 0.05) is 18.1 Å². The molecule has 2 nitrogen and oxygen atoms in total. The molecule has 1 aliphatic rings. The van der Waals surface area contributed by atoms with Gasteiger partial charge in [-0.3, -0.25) is 4.90 Å². The van der Waals surface area contributed by atoms with Crippen LogP contribution in [0, 0.1) is 0 Å². The third-order valence-electron chi connectivity index (χ3n) is 3.52. The minimum atomic E-state index is 0.626.